The summed E-state index contributed by atoms with van der Waals surface area (Å²) in [6.07, 6.45) is 1.76. The molecule has 4 nitrogen and oxygen atoms in total. The van der Waals surface area contributed by atoms with E-state index < -0.39 is 0 Å². The quantitative estimate of drug-likeness (QED) is 0.443. The smallest absolute Gasteiger partial charge is 0.268 e. The van der Waals surface area contributed by atoms with Gasteiger partial charge < -0.3 is 4.52 Å². The Morgan fingerprint density at radius 1 is 1.00 bits per heavy atom. The molecule has 4 rings (SSSR count). The molecule has 0 atom stereocenters. The largest absolute Gasteiger partial charge is 0.333 e. The summed E-state index contributed by atoms with van der Waals surface area (Å²) in [6, 6.07) is 24.2. The second-order valence-corrected chi connectivity index (χ2v) is 6.72. The number of rotatable bonds is 5. The van der Waals surface area contributed by atoms with Gasteiger partial charge in [-0.1, -0.05) is 65.8 Å². The van der Waals surface area contributed by atoms with Crippen LogP contribution in [0.4, 0.5) is 0 Å². The van der Waals surface area contributed by atoms with Gasteiger partial charge in [0, 0.05) is 0 Å². The van der Waals surface area contributed by atoms with Crippen molar-refractivity contribution in [2.75, 3.05) is 0 Å². The summed E-state index contributed by atoms with van der Waals surface area (Å²) >= 11 is 1.57. The first-order valence-electron chi connectivity index (χ1n) is 8.43. The maximum absolute atomic E-state index is 9.52. The summed E-state index contributed by atoms with van der Waals surface area (Å²) in [7, 11) is 0. The summed E-state index contributed by atoms with van der Waals surface area (Å²) in [4.78, 5) is 4.55. The molecule has 0 N–H and O–H groups in total. The third-order valence-corrected chi connectivity index (χ3v) is 4.87. The standard InChI is InChI=1S/C22H15N3OS/c23-14-19(13-16-11-12-27-15-16)22-24-21(25-26-22)20(17-7-3-1-4-8-17)18-9-5-2-6-10-18/h1-13,15,20H. The number of hydrogen-bond acceptors (Lipinski definition) is 5. The highest BCUT2D eigenvalue weighted by atomic mass is 32.1. The Morgan fingerprint density at radius 2 is 1.67 bits per heavy atom. The van der Waals surface area contributed by atoms with Crippen LogP contribution < -0.4 is 0 Å². The molecule has 2 aromatic carbocycles. The van der Waals surface area contributed by atoms with Crippen LogP contribution in [0.2, 0.25) is 0 Å². The minimum absolute atomic E-state index is 0.161. The van der Waals surface area contributed by atoms with Crippen LogP contribution in [0.25, 0.3) is 11.6 Å². The number of thiophene rings is 1. The van der Waals surface area contributed by atoms with E-state index in [-0.39, 0.29) is 11.8 Å². The van der Waals surface area contributed by atoms with E-state index in [1.807, 2.05) is 77.5 Å². The third-order valence-electron chi connectivity index (χ3n) is 4.17. The van der Waals surface area contributed by atoms with Gasteiger partial charge in [0.15, 0.2) is 5.82 Å². The van der Waals surface area contributed by atoms with E-state index in [0.29, 0.717) is 11.4 Å². The van der Waals surface area contributed by atoms with E-state index in [1.54, 1.807) is 17.4 Å². The highest BCUT2D eigenvalue weighted by molar-refractivity contribution is 7.08. The summed E-state index contributed by atoms with van der Waals surface area (Å²) in [5.41, 5.74) is 3.43. The van der Waals surface area contributed by atoms with Gasteiger partial charge in [0.05, 0.1) is 5.92 Å². The molecule has 0 aliphatic heterocycles. The molecule has 0 aliphatic carbocycles. The van der Waals surface area contributed by atoms with Crippen molar-refractivity contribution < 1.29 is 4.52 Å². The molecular weight excluding hydrogens is 354 g/mol. The second kappa shape index (κ2) is 7.81. The van der Waals surface area contributed by atoms with E-state index in [9.17, 15) is 5.26 Å². The zero-order valence-electron chi connectivity index (χ0n) is 14.3. The predicted molar refractivity (Wildman–Crippen MR) is 106 cm³/mol. The Hall–Kier alpha value is -3.49. The number of nitriles is 1. The van der Waals surface area contributed by atoms with Crippen molar-refractivity contribution in [3.63, 3.8) is 0 Å². The van der Waals surface area contributed by atoms with Crippen LogP contribution in [0.1, 0.15) is 34.3 Å². The summed E-state index contributed by atoms with van der Waals surface area (Å²) in [5, 5.41) is 17.6. The SMILES string of the molecule is N#CC(=Cc1ccsc1)c1nc(C(c2ccccc2)c2ccccc2)no1. The second-order valence-electron chi connectivity index (χ2n) is 5.94. The van der Waals surface area contributed by atoms with Gasteiger partial charge >= 0.3 is 0 Å². The minimum Gasteiger partial charge on any atom is -0.333 e. The first-order valence-corrected chi connectivity index (χ1v) is 9.37. The predicted octanol–water partition coefficient (Wildman–Crippen LogP) is 5.38. The van der Waals surface area contributed by atoms with Crippen LogP contribution in [-0.2, 0) is 0 Å². The lowest BCUT2D eigenvalue weighted by molar-refractivity contribution is 0.401. The average molecular weight is 369 g/mol. The van der Waals surface area contributed by atoms with E-state index in [2.05, 4.69) is 16.2 Å². The number of allylic oxidation sites excluding steroid dienone is 1. The van der Waals surface area contributed by atoms with Gasteiger partial charge in [-0.15, -0.1) is 0 Å². The summed E-state index contributed by atoms with van der Waals surface area (Å²) in [5.74, 6) is 0.607. The van der Waals surface area contributed by atoms with E-state index in [4.69, 9.17) is 4.52 Å². The van der Waals surface area contributed by atoms with E-state index >= 15 is 0 Å². The molecule has 2 aromatic heterocycles. The van der Waals surface area contributed by atoms with Gasteiger partial charge in [0.25, 0.3) is 5.89 Å². The maximum atomic E-state index is 9.52. The van der Waals surface area contributed by atoms with Crippen LogP contribution >= 0.6 is 11.3 Å². The number of hydrogen-bond donors (Lipinski definition) is 0. The number of nitrogens with zero attached hydrogens (tertiary/aromatic N) is 3. The van der Waals surface area contributed by atoms with Crippen molar-refractivity contribution in [3.8, 4) is 6.07 Å². The van der Waals surface area contributed by atoms with Crippen molar-refractivity contribution >= 4 is 23.0 Å². The van der Waals surface area contributed by atoms with Gasteiger partial charge in [-0.25, -0.2) is 0 Å². The fourth-order valence-electron chi connectivity index (χ4n) is 2.91. The lowest BCUT2D eigenvalue weighted by atomic mass is 9.91. The molecule has 0 unspecified atom stereocenters. The van der Waals surface area contributed by atoms with Crippen molar-refractivity contribution in [2.24, 2.45) is 0 Å². The Bertz CT molecular complexity index is 1040. The van der Waals surface area contributed by atoms with Crippen molar-refractivity contribution in [1.82, 2.24) is 10.1 Å². The molecule has 0 amide bonds. The molecule has 0 fully saturated rings. The van der Waals surface area contributed by atoms with Gasteiger partial charge in [0.2, 0.25) is 0 Å². The van der Waals surface area contributed by atoms with Gasteiger partial charge in [0.1, 0.15) is 11.6 Å². The molecule has 0 spiro atoms. The summed E-state index contributed by atoms with van der Waals surface area (Å²) in [6.45, 7) is 0. The normalized spacial score (nSPS) is 11.5. The Morgan fingerprint density at radius 3 is 2.22 bits per heavy atom. The zero-order chi connectivity index (χ0) is 18.5. The van der Waals surface area contributed by atoms with Gasteiger partial charge in [-0.2, -0.15) is 21.6 Å². The third kappa shape index (κ3) is 3.71. The average Bonchev–Trinajstić information content (AvgIpc) is 3.40. The summed E-state index contributed by atoms with van der Waals surface area (Å²) < 4.78 is 5.44. The highest BCUT2D eigenvalue weighted by Crippen LogP contribution is 2.30. The molecule has 4 aromatic rings. The molecular formula is C22H15N3OS. The van der Waals surface area contributed by atoms with Crippen LogP contribution in [0.15, 0.2) is 82.0 Å². The Labute approximate surface area is 161 Å². The van der Waals surface area contributed by atoms with Crippen LogP contribution in [0.3, 0.4) is 0 Å². The molecule has 27 heavy (non-hydrogen) atoms. The van der Waals surface area contributed by atoms with Crippen molar-refractivity contribution in [2.45, 2.75) is 5.92 Å². The molecule has 5 heteroatoms. The van der Waals surface area contributed by atoms with Crippen LogP contribution in [0, 0.1) is 11.3 Å². The van der Waals surface area contributed by atoms with Gasteiger partial charge in [-0.05, 0) is 39.6 Å². The maximum Gasteiger partial charge on any atom is 0.268 e. The van der Waals surface area contributed by atoms with Crippen LogP contribution in [-0.4, -0.2) is 10.1 Å². The number of aromatic nitrogens is 2. The lowest BCUT2D eigenvalue weighted by Crippen LogP contribution is -2.05. The van der Waals surface area contributed by atoms with E-state index in [1.165, 1.54) is 0 Å². The number of benzene rings is 2. The van der Waals surface area contributed by atoms with Crippen LogP contribution in [0.5, 0.6) is 0 Å². The monoisotopic (exact) mass is 369 g/mol. The topological polar surface area (TPSA) is 62.7 Å². The lowest BCUT2D eigenvalue weighted by Gasteiger charge is -2.13. The minimum atomic E-state index is -0.161. The first kappa shape index (κ1) is 17.0. The molecule has 0 saturated carbocycles. The molecule has 0 bridgehead atoms. The fraction of sp³-hybridized carbons (Fsp3) is 0.0455. The molecule has 0 saturated heterocycles. The molecule has 2 heterocycles. The van der Waals surface area contributed by atoms with Crippen molar-refractivity contribution in [3.05, 3.63) is 106 Å². The zero-order valence-corrected chi connectivity index (χ0v) is 15.1. The molecule has 0 radical (unpaired) electrons. The molecule has 0 aliphatic rings. The first-order chi connectivity index (χ1) is 13.3. The molecule has 130 valence electrons. The Kier molecular flexibility index (Phi) is 4.91. The van der Waals surface area contributed by atoms with E-state index in [0.717, 1.165) is 16.7 Å². The fourth-order valence-corrected chi connectivity index (χ4v) is 3.53. The van der Waals surface area contributed by atoms with Gasteiger partial charge in [-0.3, -0.25) is 0 Å². The van der Waals surface area contributed by atoms with Crippen molar-refractivity contribution in [1.29, 1.82) is 5.26 Å². The Balaban J connectivity index is 1.76. The highest BCUT2D eigenvalue weighted by Gasteiger charge is 2.23.